The minimum atomic E-state index is -0.539. The zero-order chi connectivity index (χ0) is 28.2. The van der Waals surface area contributed by atoms with Crippen LogP contribution in [-0.2, 0) is 4.79 Å². The van der Waals surface area contributed by atoms with E-state index in [1.807, 2.05) is 17.5 Å². The molecule has 5 heteroatoms. The third kappa shape index (κ3) is 3.57. The smallest absolute Gasteiger partial charge is 0.262 e. The second-order valence-electron chi connectivity index (χ2n) is 15.6. The normalized spacial score (nSPS) is 44.9. The van der Waals surface area contributed by atoms with Gasteiger partial charge in [-0.25, -0.2) is 0 Å². The maximum atomic E-state index is 13.7. The van der Waals surface area contributed by atoms with Crippen LogP contribution in [0, 0.1) is 45.3 Å². The van der Waals surface area contributed by atoms with E-state index in [0.29, 0.717) is 24.2 Å². The quantitative estimate of drug-likeness (QED) is 0.407. The predicted molar refractivity (Wildman–Crippen MR) is 158 cm³/mol. The summed E-state index contributed by atoms with van der Waals surface area (Å²) in [5, 5.41) is 16.4. The van der Waals surface area contributed by atoms with Gasteiger partial charge in [0.15, 0.2) is 5.78 Å². The number of hydrogen-bond donors (Lipinski definition) is 2. The van der Waals surface area contributed by atoms with Gasteiger partial charge in [0.05, 0.1) is 16.5 Å². The highest BCUT2D eigenvalue weighted by Gasteiger charge is 2.70. The van der Waals surface area contributed by atoms with Crippen molar-refractivity contribution in [1.82, 2.24) is 5.32 Å². The zero-order valence-electron chi connectivity index (χ0n) is 25.2. The van der Waals surface area contributed by atoms with Crippen molar-refractivity contribution in [3.63, 3.8) is 0 Å². The van der Waals surface area contributed by atoms with Crippen molar-refractivity contribution >= 4 is 23.0 Å². The summed E-state index contributed by atoms with van der Waals surface area (Å²) in [6.07, 6.45) is 8.75. The summed E-state index contributed by atoms with van der Waals surface area (Å²) >= 11 is 1.47. The van der Waals surface area contributed by atoms with E-state index < -0.39 is 5.54 Å². The minimum Gasteiger partial charge on any atom is -0.393 e. The molecule has 39 heavy (non-hydrogen) atoms. The average molecular weight is 552 g/mol. The second kappa shape index (κ2) is 8.77. The molecule has 1 aromatic heterocycles. The Bertz CT molecular complexity index is 1210. The average Bonchev–Trinajstić information content (AvgIpc) is 3.49. The molecule has 0 radical (unpaired) electrons. The number of rotatable bonds is 3. The molecule has 214 valence electrons. The van der Waals surface area contributed by atoms with E-state index >= 15 is 0 Å². The first-order valence-corrected chi connectivity index (χ1v) is 16.4. The Hall–Kier alpha value is -1.46. The standard InChI is InChI=1S/C34H49NO3S/c1-20(2)27-22(36)19-34(35-29(38)23-9-8-18-39-23)17-16-32(6)21(28(27)34)10-11-25-31(5)14-13-26(37)30(3,4)24(31)12-15-33(25,32)7/h8-9,18,20-21,24-26,37H,10-17,19H2,1-7H3,(H,35,38)/t21?,24?,25?,26-,31?,32+,33+,34+/m0/s1. The van der Waals surface area contributed by atoms with Crippen LogP contribution in [-0.4, -0.2) is 28.4 Å². The first-order valence-electron chi connectivity index (χ1n) is 15.5. The number of fused-ring (bicyclic) bond motifs is 7. The number of allylic oxidation sites excluding steroid dienone is 1. The molecule has 5 aliphatic rings. The van der Waals surface area contributed by atoms with Crippen LogP contribution >= 0.6 is 11.3 Å². The van der Waals surface area contributed by atoms with Crippen molar-refractivity contribution in [3.05, 3.63) is 33.5 Å². The Morgan fingerprint density at radius 2 is 1.72 bits per heavy atom. The van der Waals surface area contributed by atoms with Crippen LogP contribution in [0.15, 0.2) is 28.7 Å². The van der Waals surface area contributed by atoms with Gasteiger partial charge in [-0.15, -0.1) is 11.3 Å². The van der Waals surface area contributed by atoms with E-state index in [0.717, 1.165) is 42.6 Å². The molecule has 0 spiro atoms. The number of thiophene rings is 1. The van der Waals surface area contributed by atoms with Gasteiger partial charge in [0.1, 0.15) is 0 Å². The maximum absolute atomic E-state index is 13.7. The number of nitrogens with one attached hydrogen (secondary N) is 1. The van der Waals surface area contributed by atoms with Crippen molar-refractivity contribution in [2.24, 2.45) is 45.3 Å². The molecule has 5 aliphatic carbocycles. The molecule has 1 aromatic rings. The fourth-order valence-electron chi connectivity index (χ4n) is 11.4. The molecule has 6 rings (SSSR count). The van der Waals surface area contributed by atoms with Gasteiger partial charge in [0.25, 0.3) is 5.91 Å². The van der Waals surface area contributed by atoms with Crippen LogP contribution in [0.2, 0.25) is 0 Å². The number of Topliss-reactive ketones (excluding diaryl/α,β-unsaturated/α-hetero) is 1. The van der Waals surface area contributed by atoms with Crippen molar-refractivity contribution in [2.45, 2.75) is 118 Å². The summed E-state index contributed by atoms with van der Waals surface area (Å²) in [6, 6.07) is 3.82. The molecule has 0 saturated heterocycles. The Kier molecular flexibility index (Phi) is 6.23. The van der Waals surface area contributed by atoms with E-state index in [1.54, 1.807) is 0 Å². The number of amides is 1. The summed E-state index contributed by atoms with van der Waals surface area (Å²) in [6.45, 7) is 16.7. The molecular weight excluding hydrogens is 502 g/mol. The van der Waals surface area contributed by atoms with Crippen molar-refractivity contribution < 1.29 is 14.7 Å². The lowest BCUT2D eigenvalue weighted by molar-refractivity contribution is -0.226. The van der Waals surface area contributed by atoms with Gasteiger partial charge in [0, 0.05) is 6.42 Å². The molecular formula is C34H49NO3S. The fourth-order valence-corrected chi connectivity index (χ4v) is 12.0. The summed E-state index contributed by atoms with van der Waals surface area (Å²) < 4.78 is 0. The van der Waals surface area contributed by atoms with E-state index in [1.165, 1.54) is 36.2 Å². The number of carbonyl (C=O) groups excluding carboxylic acids is 2. The highest BCUT2D eigenvalue weighted by molar-refractivity contribution is 7.12. The van der Waals surface area contributed by atoms with Crippen LogP contribution in [0.1, 0.15) is 116 Å². The first-order chi connectivity index (χ1) is 18.2. The van der Waals surface area contributed by atoms with Gasteiger partial charge in [-0.3, -0.25) is 9.59 Å². The van der Waals surface area contributed by atoms with Gasteiger partial charge in [0.2, 0.25) is 0 Å². The largest absolute Gasteiger partial charge is 0.393 e. The third-order valence-corrected chi connectivity index (χ3v) is 14.4. The minimum absolute atomic E-state index is 0.0279. The van der Waals surface area contributed by atoms with E-state index in [2.05, 4.69) is 53.8 Å². The molecule has 4 unspecified atom stereocenters. The van der Waals surface area contributed by atoms with E-state index in [-0.39, 0.29) is 45.4 Å². The van der Waals surface area contributed by atoms with Crippen LogP contribution in [0.4, 0.5) is 0 Å². The lowest BCUT2D eigenvalue weighted by Gasteiger charge is -2.72. The number of ketones is 1. The monoisotopic (exact) mass is 551 g/mol. The van der Waals surface area contributed by atoms with E-state index in [9.17, 15) is 14.7 Å². The van der Waals surface area contributed by atoms with Crippen LogP contribution in [0.3, 0.4) is 0 Å². The van der Waals surface area contributed by atoms with Crippen molar-refractivity contribution in [2.75, 3.05) is 0 Å². The van der Waals surface area contributed by atoms with Gasteiger partial charge in [-0.2, -0.15) is 0 Å². The topological polar surface area (TPSA) is 66.4 Å². The molecule has 0 aromatic carbocycles. The van der Waals surface area contributed by atoms with Crippen LogP contribution in [0.5, 0.6) is 0 Å². The summed E-state index contributed by atoms with van der Waals surface area (Å²) in [4.78, 5) is 27.9. The number of aliphatic hydroxyl groups excluding tert-OH is 1. The molecule has 4 saturated carbocycles. The van der Waals surface area contributed by atoms with Gasteiger partial charge < -0.3 is 10.4 Å². The highest BCUT2D eigenvalue weighted by atomic mass is 32.1. The maximum Gasteiger partial charge on any atom is 0.262 e. The van der Waals surface area contributed by atoms with Gasteiger partial charge >= 0.3 is 0 Å². The Morgan fingerprint density at radius 3 is 2.38 bits per heavy atom. The van der Waals surface area contributed by atoms with Crippen molar-refractivity contribution in [3.8, 4) is 0 Å². The molecule has 0 aliphatic heterocycles. The van der Waals surface area contributed by atoms with Gasteiger partial charge in [-0.05, 0) is 119 Å². The fraction of sp³-hybridized carbons (Fsp3) is 0.765. The summed E-state index contributed by atoms with van der Waals surface area (Å²) in [5.41, 5.74) is 2.21. The number of aliphatic hydroxyl groups is 1. The molecule has 2 N–H and O–H groups in total. The van der Waals surface area contributed by atoms with Crippen LogP contribution in [0.25, 0.3) is 0 Å². The Morgan fingerprint density at radius 1 is 0.974 bits per heavy atom. The first kappa shape index (κ1) is 27.7. The van der Waals surface area contributed by atoms with E-state index in [4.69, 9.17) is 0 Å². The second-order valence-corrected chi connectivity index (χ2v) is 16.5. The lowest BCUT2D eigenvalue weighted by atomic mass is 9.33. The summed E-state index contributed by atoms with van der Waals surface area (Å²) in [5.74, 6) is 1.86. The lowest BCUT2D eigenvalue weighted by Crippen LogP contribution is -2.67. The number of carbonyl (C=O) groups is 2. The molecule has 0 bridgehead atoms. The third-order valence-electron chi connectivity index (χ3n) is 13.5. The number of hydrogen-bond acceptors (Lipinski definition) is 4. The molecule has 1 heterocycles. The van der Waals surface area contributed by atoms with Gasteiger partial charge in [-0.1, -0.05) is 54.5 Å². The Balaban J connectivity index is 1.42. The SMILES string of the molecule is CC(C)C1=C2C3CCC4C5(C)CC[C@H](O)C(C)(C)C5CC[C@@]4(C)[C@]3(C)CC[C@@]2(NC(=O)c2cccs2)CC1=O. The predicted octanol–water partition coefficient (Wildman–Crippen LogP) is 7.57. The molecule has 8 atom stereocenters. The van der Waals surface area contributed by atoms with Crippen LogP contribution < -0.4 is 5.32 Å². The zero-order valence-corrected chi connectivity index (χ0v) is 26.0. The molecule has 4 fully saturated rings. The molecule has 4 nitrogen and oxygen atoms in total. The Labute approximate surface area is 239 Å². The highest BCUT2D eigenvalue weighted by Crippen LogP contribution is 2.75. The summed E-state index contributed by atoms with van der Waals surface area (Å²) in [7, 11) is 0. The van der Waals surface area contributed by atoms with Crippen molar-refractivity contribution in [1.29, 1.82) is 0 Å². The molecule has 1 amide bonds.